The molecule has 50 heavy (non-hydrogen) atoms. The number of aromatic nitrogens is 2. The van der Waals surface area contributed by atoms with Crippen LogP contribution < -0.4 is 0 Å². The molecule has 0 N–H and O–H groups in total. The average Bonchev–Trinajstić information content (AvgIpc) is 3.54. The van der Waals surface area contributed by atoms with Crippen LogP contribution >= 0.6 is 0 Å². The Morgan fingerprint density at radius 1 is 0.660 bits per heavy atom. The monoisotopic (exact) mass is 641 g/mol. The van der Waals surface area contributed by atoms with Gasteiger partial charge in [0.2, 0.25) is 0 Å². The molecule has 1 aromatic heterocycles. The van der Waals surface area contributed by atoms with Crippen LogP contribution in [0.3, 0.4) is 0 Å². The predicted octanol–water partition coefficient (Wildman–Crippen LogP) is 12.5. The third-order valence-corrected chi connectivity index (χ3v) is 9.39. The van der Waals surface area contributed by atoms with Crippen molar-refractivity contribution < 1.29 is 0 Å². The van der Waals surface area contributed by atoms with Gasteiger partial charge in [0, 0.05) is 22.4 Å². The zero-order chi connectivity index (χ0) is 34.2. The molecule has 0 amide bonds. The fourth-order valence-corrected chi connectivity index (χ4v) is 7.12. The van der Waals surface area contributed by atoms with Crippen LogP contribution in [0.15, 0.2) is 187 Å². The second-order valence-electron chi connectivity index (χ2n) is 12.5. The summed E-state index contributed by atoms with van der Waals surface area (Å²) in [5, 5.41) is 7.02. The summed E-state index contributed by atoms with van der Waals surface area (Å²) in [5.41, 5.74) is 9.59. The van der Waals surface area contributed by atoms with Crippen molar-refractivity contribution in [3.63, 3.8) is 0 Å². The molecule has 0 fully saturated rings. The van der Waals surface area contributed by atoms with Gasteiger partial charge in [-0.05, 0) is 86.9 Å². The van der Waals surface area contributed by atoms with Gasteiger partial charge in [0.15, 0.2) is 5.82 Å². The normalized spacial score (nSPS) is 12.2. The van der Waals surface area contributed by atoms with Crippen molar-refractivity contribution in [2.45, 2.75) is 6.92 Å². The van der Waals surface area contributed by atoms with Crippen LogP contribution in [0, 0.1) is 0 Å². The van der Waals surface area contributed by atoms with Gasteiger partial charge in [-0.2, -0.15) is 0 Å². The van der Waals surface area contributed by atoms with Crippen LogP contribution in [0.5, 0.6) is 0 Å². The van der Waals surface area contributed by atoms with E-state index in [0.717, 1.165) is 60.9 Å². The molecule has 0 aliphatic rings. The minimum atomic E-state index is 0.647. The molecular weight excluding hydrogens is 607 g/mol. The van der Waals surface area contributed by atoms with E-state index in [-0.39, 0.29) is 0 Å². The first-order chi connectivity index (χ1) is 24.6. The molecule has 3 heteroatoms. The van der Waals surface area contributed by atoms with Gasteiger partial charge >= 0.3 is 0 Å². The van der Waals surface area contributed by atoms with E-state index in [9.17, 15) is 0 Å². The number of rotatable bonds is 8. The largest absolute Gasteiger partial charge is 0.290 e. The van der Waals surface area contributed by atoms with Gasteiger partial charge in [-0.15, -0.1) is 0 Å². The number of hydrogen-bond acceptors (Lipinski definition) is 2. The summed E-state index contributed by atoms with van der Waals surface area (Å²) < 4.78 is 2.26. The highest BCUT2D eigenvalue weighted by molar-refractivity contribution is 6.21. The Bertz CT molecular complexity index is 2700. The van der Waals surface area contributed by atoms with Crippen LogP contribution in [0.1, 0.15) is 12.7 Å². The van der Waals surface area contributed by atoms with Crippen molar-refractivity contribution in [1.82, 2.24) is 9.55 Å². The van der Waals surface area contributed by atoms with Crippen molar-refractivity contribution in [2.24, 2.45) is 4.99 Å². The fourth-order valence-electron chi connectivity index (χ4n) is 7.12. The van der Waals surface area contributed by atoms with E-state index in [1.807, 2.05) is 25.1 Å². The van der Waals surface area contributed by atoms with E-state index in [1.165, 1.54) is 21.5 Å². The molecule has 8 aromatic rings. The number of aliphatic imine (C=N–C) groups is 1. The van der Waals surface area contributed by atoms with E-state index in [2.05, 4.69) is 163 Å². The molecule has 3 nitrogen and oxygen atoms in total. The SMILES string of the molecule is C=C/C=C\C(C(=C)C)=C(\N=C)c1nc2c(-c3ccc4ccccc4c3)c3ccccc3c(-c3ccc4ccccc4c3)c2n1-c1ccccc1. The number of benzene rings is 7. The van der Waals surface area contributed by atoms with Crippen molar-refractivity contribution in [3.8, 4) is 27.9 Å². The third-order valence-electron chi connectivity index (χ3n) is 9.39. The molecular formula is C47H35N3. The van der Waals surface area contributed by atoms with Crippen LogP contribution in [-0.2, 0) is 0 Å². The van der Waals surface area contributed by atoms with Crippen molar-refractivity contribution >= 4 is 55.8 Å². The minimum Gasteiger partial charge on any atom is -0.290 e. The maximum atomic E-state index is 5.60. The lowest BCUT2D eigenvalue weighted by atomic mass is 9.89. The number of imidazole rings is 1. The summed E-state index contributed by atoms with van der Waals surface area (Å²) in [4.78, 5) is 10.3. The lowest BCUT2D eigenvalue weighted by Gasteiger charge is -2.18. The van der Waals surface area contributed by atoms with Gasteiger partial charge in [0.1, 0.15) is 5.70 Å². The minimum absolute atomic E-state index is 0.647. The fraction of sp³-hybridized carbons (Fsp3) is 0.0213. The summed E-state index contributed by atoms with van der Waals surface area (Å²) in [6.45, 7) is 14.3. The van der Waals surface area contributed by atoms with Gasteiger partial charge in [-0.25, -0.2) is 4.98 Å². The Hall–Kier alpha value is -6.58. The molecule has 0 aliphatic heterocycles. The first-order valence-corrected chi connectivity index (χ1v) is 16.7. The van der Waals surface area contributed by atoms with Gasteiger partial charge < -0.3 is 0 Å². The molecule has 7 aromatic carbocycles. The second-order valence-corrected chi connectivity index (χ2v) is 12.5. The Labute approximate surface area is 292 Å². The standard InChI is InChI=1S/C47H35N3/c1-5-6-22-39(31(2)3)44(48-4)47-49-45-42(36-27-25-32-16-10-12-18-34(32)29-36)40-23-14-15-24-41(40)43(46(45)50(47)38-20-8-7-9-21-38)37-28-26-33-17-11-13-19-35(33)30-37/h5-30H,1-2,4H2,3H3/b22-6-,44-39-. The molecule has 8 rings (SSSR count). The van der Waals surface area contributed by atoms with E-state index in [4.69, 9.17) is 4.98 Å². The molecule has 0 atom stereocenters. The summed E-state index contributed by atoms with van der Waals surface area (Å²) in [7, 11) is 0. The van der Waals surface area contributed by atoms with Crippen molar-refractivity contribution in [3.05, 3.63) is 188 Å². The Balaban J connectivity index is 1.63. The quantitative estimate of drug-likeness (QED) is 0.120. The number of allylic oxidation sites excluding steroid dienone is 5. The highest BCUT2D eigenvalue weighted by Gasteiger charge is 2.26. The molecule has 0 radical (unpaired) electrons. The lowest BCUT2D eigenvalue weighted by molar-refractivity contribution is 1.04. The molecule has 0 aliphatic carbocycles. The van der Waals surface area contributed by atoms with E-state index < -0.39 is 0 Å². The maximum absolute atomic E-state index is 5.60. The molecule has 0 saturated carbocycles. The Morgan fingerprint density at radius 3 is 1.78 bits per heavy atom. The van der Waals surface area contributed by atoms with Crippen LogP contribution in [0.25, 0.3) is 77.0 Å². The van der Waals surface area contributed by atoms with E-state index >= 15 is 0 Å². The Morgan fingerprint density at radius 2 is 1.20 bits per heavy atom. The van der Waals surface area contributed by atoms with Gasteiger partial charge in [0.05, 0.1) is 11.0 Å². The summed E-state index contributed by atoms with van der Waals surface area (Å²) >= 11 is 0. The Kier molecular flexibility index (Phi) is 7.86. The summed E-state index contributed by atoms with van der Waals surface area (Å²) in [6.07, 6.45) is 5.64. The first kappa shape index (κ1) is 30.7. The first-order valence-electron chi connectivity index (χ1n) is 16.7. The van der Waals surface area contributed by atoms with E-state index in [0.29, 0.717) is 11.5 Å². The topological polar surface area (TPSA) is 30.2 Å². The van der Waals surface area contributed by atoms with Gasteiger partial charge in [-0.1, -0.05) is 147 Å². The van der Waals surface area contributed by atoms with E-state index in [1.54, 1.807) is 6.08 Å². The highest BCUT2D eigenvalue weighted by atomic mass is 15.1. The average molecular weight is 642 g/mol. The molecule has 1 heterocycles. The van der Waals surface area contributed by atoms with Crippen LogP contribution in [0.4, 0.5) is 0 Å². The molecule has 0 bridgehead atoms. The number of nitrogens with zero attached hydrogens (tertiary/aromatic N) is 3. The second kappa shape index (κ2) is 12.8. The highest BCUT2D eigenvalue weighted by Crippen LogP contribution is 2.46. The molecule has 0 saturated heterocycles. The maximum Gasteiger partial charge on any atom is 0.165 e. The zero-order valence-electron chi connectivity index (χ0n) is 28.0. The third kappa shape index (κ3) is 5.17. The van der Waals surface area contributed by atoms with Gasteiger partial charge in [-0.3, -0.25) is 9.56 Å². The zero-order valence-corrected chi connectivity index (χ0v) is 28.0. The smallest absolute Gasteiger partial charge is 0.165 e. The molecule has 238 valence electrons. The van der Waals surface area contributed by atoms with Crippen molar-refractivity contribution in [2.75, 3.05) is 0 Å². The predicted molar refractivity (Wildman–Crippen MR) is 215 cm³/mol. The lowest BCUT2D eigenvalue weighted by Crippen LogP contribution is -2.03. The summed E-state index contributed by atoms with van der Waals surface area (Å²) in [5.74, 6) is 0.687. The number of fused-ring (bicyclic) bond motifs is 4. The number of hydrogen-bond donors (Lipinski definition) is 0. The van der Waals surface area contributed by atoms with Crippen LogP contribution in [0.2, 0.25) is 0 Å². The van der Waals surface area contributed by atoms with Gasteiger partial charge in [0.25, 0.3) is 0 Å². The summed E-state index contributed by atoms with van der Waals surface area (Å²) in [6, 6.07) is 49.6. The molecule has 0 spiro atoms. The number of para-hydroxylation sites is 1. The van der Waals surface area contributed by atoms with Crippen LogP contribution in [-0.4, -0.2) is 16.3 Å². The van der Waals surface area contributed by atoms with Crippen molar-refractivity contribution in [1.29, 1.82) is 0 Å². The molecule has 0 unspecified atom stereocenters.